The molecule has 0 saturated heterocycles. The van der Waals surface area contributed by atoms with Gasteiger partial charge in [0, 0.05) is 19.2 Å². The third-order valence-corrected chi connectivity index (χ3v) is 3.26. The van der Waals surface area contributed by atoms with E-state index >= 15 is 0 Å². The molecule has 0 aliphatic heterocycles. The average Bonchev–Trinajstić information content (AvgIpc) is 2.24. The summed E-state index contributed by atoms with van der Waals surface area (Å²) < 4.78 is 0. The van der Waals surface area contributed by atoms with E-state index in [-0.39, 0.29) is 12.0 Å². The van der Waals surface area contributed by atoms with Crippen LogP contribution in [-0.2, 0) is 6.54 Å². The smallest absolute Gasteiger partial charge is 0.0446 e. The summed E-state index contributed by atoms with van der Waals surface area (Å²) in [5, 5.41) is 12.7. The fraction of sp³-hybridized carbons (Fsp3) is 0.600. The second-order valence-corrected chi connectivity index (χ2v) is 5.74. The van der Waals surface area contributed by atoms with Gasteiger partial charge in [0.2, 0.25) is 0 Å². The third kappa shape index (κ3) is 4.49. The number of aliphatic hydroxyl groups excluding tert-OH is 1. The van der Waals surface area contributed by atoms with E-state index in [4.69, 9.17) is 5.11 Å². The molecular formula is C15H25NO. The van der Waals surface area contributed by atoms with E-state index in [1.54, 1.807) is 0 Å². The van der Waals surface area contributed by atoms with Crippen LogP contribution in [-0.4, -0.2) is 17.8 Å². The van der Waals surface area contributed by atoms with E-state index < -0.39 is 0 Å². The molecule has 1 aromatic carbocycles. The molecule has 2 N–H and O–H groups in total. The highest BCUT2D eigenvalue weighted by Gasteiger charge is 2.23. The van der Waals surface area contributed by atoms with Gasteiger partial charge < -0.3 is 10.4 Å². The Hall–Kier alpha value is -0.860. The molecule has 0 aromatic heterocycles. The topological polar surface area (TPSA) is 32.3 Å². The lowest BCUT2D eigenvalue weighted by atomic mass is 9.85. The maximum Gasteiger partial charge on any atom is 0.0446 e. The van der Waals surface area contributed by atoms with Gasteiger partial charge in [-0.1, -0.05) is 45.0 Å². The van der Waals surface area contributed by atoms with E-state index in [1.165, 1.54) is 11.1 Å². The lowest BCUT2D eigenvalue weighted by Crippen LogP contribution is -2.40. The summed E-state index contributed by atoms with van der Waals surface area (Å²) in [5.74, 6) is 0. The van der Waals surface area contributed by atoms with Crippen LogP contribution < -0.4 is 5.32 Å². The summed E-state index contributed by atoms with van der Waals surface area (Å²) in [6, 6.07) is 8.76. The van der Waals surface area contributed by atoms with E-state index in [9.17, 15) is 0 Å². The molecule has 17 heavy (non-hydrogen) atoms. The lowest BCUT2D eigenvalue weighted by molar-refractivity contribution is 0.196. The minimum atomic E-state index is 0.172. The molecule has 0 unspecified atom stereocenters. The number of aryl methyl sites for hydroxylation is 1. The van der Waals surface area contributed by atoms with Gasteiger partial charge in [0.1, 0.15) is 0 Å². The molecular weight excluding hydrogens is 210 g/mol. The van der Waals surface area contributed by atoms with Gasteiger partial charge in [-0.3, -0.25) is 0 Å². The summed E-state index contributed by atoms with van der Waals surface area (Å²) in [6.45, 7) is 9.86. The predicted octanol–water partition coefficient (Wildman–Crippen LogP) is 2.88. The standard InChI is InChI=1S/C15H25NO/c1-12-7-5-6-8-13(12)11-16-14(9-10-17)15(2,3)4/h5-8,14,16-17H,9-11H2,1-4H3/t14-/m0/s1. The molecule has 2 heteroatoms. The van der Waals surface area contributed by atoms with Crippen LogP contribution in [0.25, 0.3) is 0 Å². The zero-order valence-corrected chi connectivity index (χ0v) is 11.5. The van der Waals surface area contributed by atoms with Crippen molar-refractivity contribution in [2.75, 3.05) is 6.61 Å². The van der Waals surface area contributed by atoms with E-state index in [0.717, 1.165) is 13.0 Å². The van der Waals surface area contributed by atoms with Crippen LogP contribution in [0.5, 0.6) is 0 Å². The molecule has 0 spiro atoms. The monoisotopic (exact) mass is 235 g/mol. The summed E-state index contributed by atoms with van der Waals surface area (Å²) in [5.41, 5.74) is 2.82. The van der Waals surface area contributed by atoms with Crippen molar-refractivity contribution < 1.29 is 5.11 Å². The summed E-state index contributed by atoms with van der Waals surface area (Å²) in [4.78, 5) is 0. The van der Waals surface area contributed by atoms with Gasteiger partial charge >= 0.3 is 0 Å². The lowest BCUT2D eigenvalue weighted by Gasteiger charge is -2.31. The first-order chi connectivity index (χ1) is 7.95. The molecule has 0 aliphatic carbocycles. The molecule has 1 rings (SSSR count). The minimum absolute atomic E-state index is 0.172. The van der Waals surface area contributed by atoms with Crippen molar-refractivity contribution in [3.8, 4) is 0 Å². The van der Waals surface area contributed by atoms with Crippen molar-refractivity contribution in [3.05, 3.63) is 35.4 Å². The van der Waals surface area contributed by atoms with Gasteiger partial charge in [-0.05, 0) is 29.9 Å². The van der Waals surface area contributed by atoms with Crippen molar-refractivity contribution in [2.45, 2.75) is 46.7 Å². The summed E-state index contributed by atoms with van der Waals surface area (Å²) in [6.07, 6.45) is 0.801. The molecule has 0 amide bonds. The van der Waals surface area contributed by atoms with Crippen molar-refractivity contribution in [3.63, 3.8) is 0 Å². The second-order valence-electron chi connectivity index (χ2n) is 5.74. The van der Waals surface area contributed by atoms with Crippen molar-refractivity contribution >= 4 is 0 Å². The van der Waals surface area contributed by atoms with E-state index in [1.807, 2.05) is 0 Å². The highest BCUT2D eigenvalue weighted by Crippen LogP contribution is 2.22. The maximum atomic E-state index is 9.11. The van der Waals surface area contributed by atoms with E-state index in [2.05, 4.69) is 57.3 Å². The molecule has 0 bridgehead atoms. The average molecular weight is 235 g/mol. The van der Waals surface area contributed by atoms with E-state index in [0.29, 0.717) is 6.04 Å². The second kappa shape index (κ2) is 6.18. The van der Waals surface area contributed by atoms with Crippen LogP contribution >= 0.6 is 0 Å². The first-order valence-corrected chi connectivity index (χ1v) is 6.34. The molecule has 1 aromatic rings. The first kappa shape index (κ1) is 14.2. The van der Waals surface area contributed by atoms with Gasteiger partial charge in [-0.15, -0.1) is 0 Å². The minimum Gasteiger partial charge on any atom is -0.396 e. The third-order valence-electron chi connectivity index (χ3n) is 3.26. The zero-order valence-electron chi connectivity index (χ0n) is 11.5. The Balaban J connectivity index is 2.61. The van der Waals surface area contributed by atoms with Crippen molar-refractivity contribution in [1.82, 2.24) is 5.32 Å². The van der Waals surface area contributed by atoms with Crippen LogP contribution in [0.4, 0.5) is 0 Å². The molecule has 0 fully saturated rings. The fourth-order valence-corrected chi connectivity index (χ4v) is 2.01. The quantitative estimate of drug-likeness (QED) is 0.822. The van der Waals surface area contributed by atoms with Crippen LogP contribution in [0.3, 0.4) is 0 Å². The molecule has 0 saturated carbocycles. The number of benzene rings is 1. The van der Waals surface area contributed by atoms with Crippen LogP contribution in [0.1, 0.15) is 38.3 Å². The normalized spacial score (nSPS) is 13.7. The van der Waals surface area contributed by atoms with Gasteiger partial charge in [-0.2, -0.15) is 0 Å². The van der Waals surface area contributed by atoms with Gasteiger partial charge in [-0.25, -0.2) is 0 Å². The Morgan fingerprint density at radius 2 is 1.88 bits per heavy atom. The Morgan fingerprint density at radius 1 is 1.24 bits per heavy atom. The number of rotatable bonds is 5. The SMILES string of the molecule is Cc1ccccc1CN[C@@H](CCO)C(C)(C)C. The molecule has 2 nitrogen and oxygen atoms in total. The van der Waals surface area contributed by atoms with Crippen LogP contribution in [0.2, 0.25) is 0 Å². The van der Waals surface area contributed by atoms with Crippen LogP contribution in [0, 0.1) is 12.3 Å². The highest BCUT2D eigenvalue weighted by molar-refractivity contribution is 5.25. The molecule has 1 atom stereocenters. The fourth-order valence-electron chi connectivity index (χ4n) is 2.01. The number of hydrogen-bond donors (Lipinski definition) is 2. The number of aliphatic hydroxyl groups is 1. The molecule has 96 valence electrons. The number of nitrogens with one attached hydrogen (secondary N) is 1. The van der Waals surface area contributed by atoms with Gasteiger partial charge in [0.25, 0.3) is 0 Å². The summed E-state index contributed by atoms with van der Waals surface area (Å²) >= 11 is 0. The van der Waals surface area contributed by atoms with Crippen LogP contribution in [0.15, 0.2) is 24.3 Å². The largest absolute Gasteiger partial charge is 0.396 e. The molecule has 0 radical (unpaired) electrons. The highest BCUT2D eigenvalue weighted by atomic mass is 16.3. The maximum absolute atomic E-state index is 9.11. The Bertz CT molecular complexity index is 341. The molecule has 0 aliphatic rings. The van der Waals surface area contributed by atoms with Crippen molar-refractivity contribution in [1.29, 1.82) is 0 Å². The van der Waals surface area contributed by atoms with Gasteiger partial charge in [0.15, 0.2) is 0 Å². The van der Waals surface area contributed by atoms with Crippen molar-refractivity contribution in [2.24, 2.45) is 5.41 Å². The Kier molecular flexibility index (Phi) is 5.16. The number of hydrogen-bond acceptors (Lipinski definition) is 2. The Morgan fingerprint density at radius 3 is 2.41 bits per heavy atom. The predicted molar refractivity (Wildman–Crippen MR) is 73.0 cm³/mol. The Labute approximate surface area is 105 Å². The zero-order chi connectivity index (χ0) is 12.9. The van der Waals surface area contributed by atoms with Gasteiger partial charge in [0.05, 0.1) is 0 Å². The molecule has 0 heterocycles. The first-order valence-electron chi connectivity index (χ1n) is 6.34. The summed E-state index contributed by atoms with van der Waals surface area (Å²) in [7, 11) is 0.